The highest BCUT2D eigenvalue weighted by atomic mass is 16.3. The average Bonchev–Trinajstić information content (AvgIpc) is 2.30. The molecule has 0 radical (unpaired) electrons. The lowest BCUT2D eigenvalue weighted by molar-refractivity contribution is 0.0967. The fourth-order valence-corrected chi connectivity index (χ4v) is 3.04. The zero-order chi connectivity index (χ0) is 13.3. The summed E-state index contributed by atoms with van der Waals surface area (Å²) in [6, 6.07) is 6.47. The van der Waals surface area contributed by atoms with E-state index in [-0.39, 0.29) is 12.0 Å². The maximum absolute atomic E-state index is 9.60. The van der Waals surface area contributed by atoms with E-state index in [2.05, 4.69) is 50.8 Å². The van der Waals surface area contributed by atoms with Crippen LogP contribution in [-0.4, -0.2) is 24.8 Å². The number of aliphatic hydroxyl groups excluding tert-OH is 1. The van der Waals surface area contributed by atoms with Gasteiger partial charge in [-0.1, -0.05) is 32.0 Å². The predicted molar refractivity (Wildman–Crippen MR) is 77.1 cm³/mol. The fourth-order valence-electron chi connectivity index (χ4n) is 3.04. The lowest BCUT2D eigenvalue weighted by atomic mass is 9.73. The Labute approximate surface area is 111 Å². The van der Waals surface area contributed by atoms with Crippen molar-refractivity contribution in [1.29, 1.82) is 0 Å². The smallest absolute Gasteiger partial charge is 0.0481 e. The molecule has 1 aliphatic rings. The van der Waals surface area contributed by atoms with Gasteiger partial charge in [-0.15, -0.1) is 0 Å². The molecule has 0 aliphatic carbocycles. The molecule has 0 amide bonds. The van der Waals surface area contributed by atoms with Crippen LogP contribution < -0.4 is 4.90 Å². The third-order valence-electron chi connectivity index (χ3n) is 4.55. The van der Waals surface area contributed by atoms with Crippen LogP contribution in [0.5, 0.6) is 0 Å². The van der Waals surface area contributed by atoms with Crippen LogP contribution in [0.15, 0.2) is 18.2 Å². The number of anilines is 1. The molecule has 1 heterocycles. The van der Waals surface area contributed by atoms with Gasteiger partial charge in [0.05, 0.1) is 0 Å². The minimum absolute atomic E-state index is 0.252. The molecular formula is C16H25NO. The summed E-state index contributed by atoms with van der Waals surface area (Å²) in [6.07, 6.45) is 1.14. The minimum atomic E-state index is 0.252. The van der Waals surface area contributed by atoms with Crippen LogP contribution in [0.2, 0.25) is 0 Å². The number of aliphatic hydroxyl groups is 1. The zero-order valence-electron chi connectivity index (χ0n) is 12.0. The molecule has 1 N–H and O–H groups in total. The Bertz CT molecular complexity index is 405. The van der Waals surface area contributed by atoms with Gasteiger partial charge in [-0.2, -0.15) is 0 Å². The summed E-state index contributed by atoms with van der Waals surface area (Å²) in [5.74, 6) is 0.366. The first-order valence-electron chi connectivity index (χ1n) is 6.88. The molecule has 0 aromatic heterocycles. The van der Waals surface area contributed by atoms with E-state index in [0.29, 0.717) is 5.92 Å². The van der Waals surface area contributed by atoms with Crippen LogP contribution in [0, 0.1) is 25.2 Å². The van der Waals surface area contributed by atoms with Gasteiger partial charge in [0.2, 0.25) is 0 Å². The fraction of sp³-hybridized carbons (Fsp3) is 0.625. The maximum Gasteiger partial charge on any atom is 0.0481 e. The van der Waals surface area contributed by atoms with E-state index in [1.165, 1.54) is 16.8 Å². The van der Waals surface area contributed by atoms with Gasteiger partial charge < -0.3 is 10.0 Å². The van der Waals surface area contributed by atoms with Crippen molar-refractivity contribution in [3.8, 4) is 0 Å². The van der Waals surface area contributed by atoms with Crippen molar-refractivity contribution in [3.05, 3.63) is 29.3 Å². The number of para-hydroxylation sites is 1. The zero-order valence-corrected chi connectivity index (χ0v) is 12.0. The number of piperidine rings is 1. The topological polar surface area (TPSA) is 23.5 Å². The number of benzene rings is 1. The summed E-state index contributed by atoms with van der Waals surface area (Å²) in [6.45, 7) is 11.2. The normalized spacial score (nSPS) is 23.2. The summed E-state index contributed by atoms with van der Waals surface area (Å²) >= 11 is 0. The first-order valence-corrected chi connectivity index (χ1v) is 6.88. The van der Waals surface area contributed by atoms with Crippen molar-refractivity contribution < 1.29 is 5.11 Å². The third kappa shape index (κ3) is 2.39. The summed E-state index contributed by atoms with van der Waals surface area (Å²) < 4.78 is 0. The minimum Gasteiger partial charge on any atom is -0.396 e. The van der Waals surface area contributed by atoms with Crippen LogP contribution >= 0.6 is 0 Å². The molecule has 1 aromatic rings. The molecule has 1 aromatic carbocycles. The molecule has 1 atom stereocenters. The second-order valence-corrected chi connectivity index (χ2v) is 6.30. The van der Waals surface area contributed by atoms with Crippen LogP contribution in [0.3, 0.4) is 0 Å². The number of hydrogen-bond acceptors (Lipinski definition) is 2. The van der Waals surface area contributed by atoms with E-state index in [4.69, 9.17) is 0 Å². The van der Waals surface area contributed by atoms with Gasteiger partial charge >= 0.3 is 0 Å². The molecule has 1 saturated heterocycles. The molecular weight excluding hydrogens is 222 g/mol. The van der Waals surface area contributed by atoms with Crippen LogP contribution in [-0.2, 0) is 0 Å². The summed E-state index contributed by atoms with van der Waals surface area (Å²) in [5, 5.41) is 9.60. The first kappa shape index (κ1) is 13.4. The predicted octanol–water partition coefficient (Wildman–Crippen LogP) is 3.15. The SMILES string of the molecule is Cc1cccc(C)c1N1CCC(C)(C)C(CO)C1. The van der Waals surface area contributed by atoms with Gasteiger partial charge in [0.15, 0.2) is 0 Å². The Kier molecular flexibility index (Phi) is 3.67. The highest BCUT2D eigenvalue weighted by molar-refractivity contribution is 5.59. The highest BCUT2D eigenvalue weighted by Crippen LogP contribution is 2.38. The molecule has 100 valence electrons. The van der Waals surface area contributed by atoms with Crippen molar-refractivity contribution in [3.63, 3.8) is 0 Å². The van der Waals surface area contributed by atoms with Crippen molar-refractivity contribution in [2.75, 3.05) is 24.6 Å². The van der Waals surface area contributed by atoms with Gasteiger partial charge in [-0.05, 0) is 36.8 Å². The molecule has 2 nitrogen and oxygen atoms in total. The lowest BCUT2D eigenvalue weighted by Gasteiger charge is -2.45. The van der Waals surface area contributed by atoms with Crippen molar-refractivity contribution in [2.24, 2.45) is 11.3 Å². The van der Waals surface area contributed by atoms with Crippen LogP contribution in [0.25, 0.3) is 0 Å². The van der Waals surface area contributed by atoms with E-state index >= 15 is 0 Å². The molecule has 1 fully saturated rings. The van der Waals surface area contributed by atoms with Crippen LogP contribution in [0.1, 0.15) is 31.4 Å². The van der Waals surface area contributed by atoms with E-state index in [1.54, 1.807) is 0 Å². The Morgan fingerprint density at radius 2 is 1.89 bits per heavy atom. The van der Waals surface area contributed by atoms with Crippen molar-refractivity contribution in [1.82, 2.24) is 0 Å². The lowest BCUT2D eigenvalue weighted by Crippen LogP contribution is -2.46. The summed E-state index contributed by atoms with van der Waals surface area (Å²) in [4.78, 5) is 2.46. The molecule has 0 bridgehead atoms. The highest BCUT2D eigenvalue weighted by Gasteiger charge is 2.35. The van der Waals surface area contributed by atoms with Gasteiger partial charge in [-0.3, -0.25) is 0 Å². The monoisotopic (exact) mass is 247 g/mol. The Hall–Kier alpha value is -1.02. The quantitative estimate of drug-likeness (QED) is 0.868. The van der Waals surface area contributed by atoms with Crippen molar-refractivity contribution >= 4 is 5.69 Å². The van der Waals surface area contributed by atoms with Crippen LogP contribution in [0.4, 0.5) is 5.69 Å². The molecule has 2 rings (SSSR count). The van der Waals surface area contributed by atoms with Crippen molar-refractivity contribution in [2.45, 2.75) is 34.1 Å². The van der Waals surface area contributed by atoms with Gasteiger partial charge in [0.1, 0.15) is 0 Å². The summed E-state index contributed by atoms with van der Waals surface area (Å²) in [5.41, 5.74) is 4.30. The largest absolute Gasteiger partial charge is 0.396 e. The second-order valence-electron chi connectivity index (χ2n) is 6.30. The van der Waals surface area contributed by atoms with E-state index in [1.807, 2.05) is 0 Å². The first-order chi connectivity index (χ1) is 8.45. The van der Waals surface area contributed by atoms with Gasteiger partial charge in [0.25, 0.3) is 0 Å². The van der Waals surface area contributed by atoms with E-state index in [9.17, 15) is 5.11 Å². The van der Waals surface area contributed by atoms with E-state index in [0.717, 1.165) is 19.5 Å². The molecule has 18 heavy (non-hydrogen) atoms. The third-order valence-corrected chi connectivity index (χ3v) is 4.55. The standard InChI is InChI=1S/C16H25NO/c1-12-6-5-7-13(2)15(12)17-9-8-16(3,4)14(10-17)11-18/h5-7,14,18H,8-11H2,1-4H3. The molecule has 0 spiro atoms. The Balaban J connectivity index is 2.26. The molecule has 2 heteroatoms. The number of aryl methyl sites for hydroxylation is 2. The average molecular weight is 247 g/mol. The molecule has 1 unspecified atom stereocenters. The van der Waals surface area contributed by atoms with Gasteiger partial charge in [0, 0.05) is 31.3 Å². The Morgan fingerprint density at radius 1 is 1.28 bits per heavy atom. The van der Waals surface area contributed by atoms with E-state index < -0.39 is 0 Å². The van der Waals surface area contributed by atoms with Gasteiger partial charge in [-0.25, -0.2) is 0 Å². The number of rotatable bonds is 2. The number of hydrogen-bond donors (Lipinski definition) is 1. The molecule has 1 aliphatic heterocycles. The summed E-state index contributed by atoms with van der Waals surface area (Å²) in [7, 11) is 0. The Morgan fingerprint density at radius 3 is 2.44 bits per heavy atom. The maximum atomic E-state index is 9.60. The molecule has 0 saturated carbocycles. The second kappa shape index (κ2) is 4.93. The number of nitrogens with zero attached hydrogens (tertiary/aromatic N) is 1.